The Bertz CT molecular complexity index is 264. The Hall–Kier alpha value is -0.820. The third-order valence-corrected chi connectivity index (χ3v) is 3.24. The third kappa shape index (κ3) is 2.36. The van der Waals surface area contributed by atoms with E-state index < -0.39 is 0 Å². The molecule has 0 saturated heterocycles. The van der Waals surface area contributed by atoms with Crippen molar-refractivity contribution in [1.82, 2.24) is 5.32 Å². The van der Waals surface area contributed by atoms with Crippen LogP contribution in [0.5, 0.6) is 0 Å². The average molecular weight is 189 g/mol. The Labute approximate surface area is 86.5 Å². The third-order valence-electron chi connectivity index (χ3n) is 3.24. The monoisotopic (exact) mass is 189 g/mol. The van der Waals surface area contributed by atoms with E-state index in [2.05, 4.69) is 42.6 Å². The maximum atomic E-state index is 3.60. The number of hydrogen-bond acceptors (Lipinski definition) is 1. The van der Waals surface area contributed by atoms with Crippen molar-refractivity contribution >= 4 is 0 Å². The van der Waals surface area contributed by atoms with Gasteiger partial charge in [-0.15, -0.1) is 0 Å². The van der Waals surface area contributed by atoms with Gasteiger partial charge in [0.25, 0.3) is 0 Å². The zero-order valence-electron chi connectivity index (χ0n) is 8.87. The van der Waals surface area contributed by atoms with E-state index in [0.29, 0.717) is 6.04 Å². The first-order valence-corrected chi connectivity index (χ1v) is 5.64. The summed E-state index contributed by atoms with van der Waals surface area (Å²) in [4.78, 5) is 0. The molecule has 0 bridgehead atoms. The van der Waals surface area contributed by atoms with Crippen molar-refractivity contribution in [1.29, 1.82) is 0 Å². The van der Waals surface area contributed by atoms with Gasteiger partial charge in [0, 0.05) is 6.04 Å². The summed E-state index contributed by atoms with van der Waals surface area (Å²) in [5.41, 5.74) is 1.40. The van der Waals surface area contributed by atoms with E-state index in [1.54, 1.807) is 0 Å². The fourth-order valence-corrected chi connectivity index (χ4v) is 1.90. The fraction of sp³-hybridized carbons (Fsp3) is 0.538. The molecule has 1 fully saturated rings. The average Bonchev–Trinajstić information content (AvgIpc) is 2.16. The summed E-state index contributed by atoms with van der Waals surface area (Å²) in [6, 6.07) is 11.2. The molecule has 1 N–H and O–H groups in total. The highest BCUT2D eigenvalue weighted by Gasteiger charge is 2.17. The Morgan fingerprint density at radius 3 is 2.57 bits per heavy atom. The summed E-state index contributed by atoms with van der Waals surface area (Å²) >= 11 is 0. The minimum Gasteiger partial charge on any atom is -0.310 e. The molecule has 0 spiro atoms. The van der Waals surface area contributed by atoms with Gasteiger partial charge in [0.1, 0.15) is 0 Å². The van der Waals surface area contributed by atoms with E-state index >= 15 is 0 Å². The predicted molar refractivity (Wildman–Crippen MR) is 60.2 cm³/mol. The van der Waals surface area contributed by atoms with Crippen molar-refractivity contribution in [2.24, 2.45) is 5.92 Å². The largest absolute Gasteiger partial charge is 0.310 e. The van der Waals surface area contributed by atoms with Crippen LogP contribution in [0.2, 0.25) is 0 Å². The lowest BCUT2D eigenvalue weighted by atomic mass is 9.85. The molecule has 0 radical (unpaired) electrons. The standard InChI is InChI=1S/C13H19N/c1-11(13-8-3-2-4-9-13)14-10-12-6-5-7-12/h2-4,8-9,11-12,14H,5-7,10H2,1H3. The maximum absolute atomic E-state index is 3.60. The van der Waals surface area contributed by atoms with E-state index in [1.807, 2.05) is 0 Å². The van der Waals surface area contributed by atoms with Crippen LogP contribution in [0.15, 0.2) is 30.3 Å². The lowest BCUT2D eigenvalue weighted by Crippen LogP contribution is -2.29. The van der Waals surface area contributed by atoms with Gasteiger partial charge in [-0.3, -0.25) is 0 Å². The first-order chi connectivity index (χ1) is 6.86. The topological polar surface area (TPSA) is 12.0 Å². The van der Waals surface area contributed by atoms with Gasteiger partial charge in [-0.2, -0.15) is 0 Å². The molecule has 0 amide bonds. The van der Waals surface area contributed by atoms with Crippen molar-refractivity contribution < 1.29 is 0 Å². The minimum atomic E-state index is 0.497. The molecule has 76 valence electrons. The second-order valence-corrected chi connectivity index (χ2v) is 4.34. The smallest absolute Gasteiger partial charge is 0.0291 e. The molecule has 1 aromatic carbocycles. The van der Waals surface area contributed by atoms with E-state index in [0.717, 1.165) is 5.92 Å². The van der Waals surface area contributed by atoms with Crippen molar-refractivity contribution in [3.8, 4) is 0 Å². The minimum absolute atomic E-state index is 0.497. The van der Waals surface area contributed by atoms with Crippen molar-refractivity contribution in [2.45, 2.75) is 32.2 Å². The molecular weight excluding hydrogens is 170 g/mol. The Morgan fingerprint density at radius 1 is 1.29 bits per heavy atom. The van der Waals surface area contributed by atoms with Crippen LogP contribution < -0.4 is 5.32 Å². The molecule has 2 rings (SSSR count). The number of hydrogen-bond donors (Lipinski definition) is 1. The maximum Gasteiger partial charge on any atom is 0.0291 e. The lowest BCUT2D eigenvalue weighted by molar-refractivity contribution is 0.292. The van der Waals surface area contributed by atoms with Crippen molar-refractivity contribution in [3.63, 3.8) is 0 Å². The van der Waals surface area contributed by atoms with E-state index in [9.17, 15) is 0 Å². The Kier molecular flexibility index (Phi) is 3.20. The van der Waals surface area contributed by atoms with Crippen LogP contribution in [0.25, 0.3) is 0 Å². The van der Waals surface area contributed by atoms with Gasteiger partial charge in [-0.25, -0.2) is 0 Å². The molecule has 0 heterocycles. The molecule has 1 aromatic rings. The van der Waals surface area contributed by atoms with Gasteiger partial charge in [0.2, 0.25) is 0 Å². The molecule has 14 heavy (non-hydrogen) atoms. The molecule has 1 atom stereocenters. The second-order valence-electron chi connectivity index (χ2n) is 4.34. The fourth-order valence-electron chi connectivity index (χ4n) is 1.90. The van der Waals surface area contributed by atoms with Crippen LogP contribution in [0.3, 0.4) is 0 Å². The van der Waals surface area contributed by atoms with Crippen molar-refractivity contribution in [2.75, 3.05) is 6.54 Å². The summed E-state index contributed by atoms with van der Waals surface area (Å²) in [5.74, 6) is 0.946. The zero-order valence-corrected chi connectivity index (χ0v) is 8.87. The van der Waals surface area contributed by atoms with Gasteiger partial charge in [0.15, 0.2) is 0 Å². The Balaban J connectivity index is 1.80. The summed E-state index contributed by atoms with van der Waals surface area (Å²) in [5, 5.41) is 3.60. The van der Waals surface area contributed by atoms with E-state index in [1.165, 1.54) is 31.4 Å². The first-order valence-electron chi connectivity index (χ1n) is 5.64. The second kappa shape index (κ2) is 4.61. The summed E-state index contributed by atoms with van der Waals surface area (Å²) in [7, 11) is 0. The van der Waals surface area contributed by atoms with Crippen LogP contribution in [0.4, 0.5) is 0 Å². The van der Waals surface area contributed by atoms with Gasteiger partial charge >= 0.3 is 0 Å². The molecule has 1 heteroatoms. The van der Waals surface area contributed by atoms with Gasteiger partial charge in [0.05, 0.1) is 0 Å². The molecule has 1 aliphatic carbocycles. The lowest BCUT2D eigenvalue weighted by Gasteiger charge is -2.27. The normalized spacial score (nSPS) is 18.9. The van der Waals surface area contributed by atoms with Crippen LogP contribution in [-0.4, -0.2) is 6.54 Å². The highest BCUT2D eigenvalue weighted by atomic mass is 14.9. The molecular formula is C13H19N. The summed E-state index contributed by atoms with van der Waals surface area (Å²) in [6.45, 7) is 3.43. The molecule has 0 aliphatic heterocycles. The van der Waals surface area contributed by atoms with Gasteiger partial charge in [-0.1, -0.05) is 36.8 Å². The molecule has 1 nitrogen and oxygen atoms in total. The van der Waals surface area contributed by atoms with Crippen LogP contribution in [0, 0.1) is 5.92 Å². The number of nitrogens with one attached hydrogen (secondary N) is 1. The molecule has 1 aliphatic rings. The van der Waals surface area contributed by atoms with Crippen molar-refractivity contribution in [3.05, 3.63) is 35.9 Å². The molecule has 1 saturated carbocycles. The zero-order chi connectivity index (χ0) is 9.80. The molecule has 0 aromatic heterocycles. The van der Waals surface area contributed by atoms with E-state index in [4.69, 9.17) is 0 Å². The molecule has 1 unspecified atom stereocenters. The van der Waals surface area contributed by atoms with Gasteiger partial charge in [-0.05, 0) is 37.8 Å². The van der Waals surface area contributed by atoms with Crippen LogP contribution in [0.1, 0.15) is 37.8 Å². The predicted octanol–water partition coefficient (Wildman–Crippen LogP) is 3.14. The SMILES string of the molecule is CC(NCC1CCC1)c1ccccc1. The first kappa shape index (κ1) is 9.72. The number of benzene rings is 1. The van der Waals surface area contributed by atoms with Gasteiger partial charge < -0.3 is 5.32 Å². The van der Waals surface area contributed by atoms with Crippen LogP contribution >= 0.6 is 0 Å². The quantitative estimate of drug-likeness (QED) is 0.767. The summed E-state index contributed by atoms with van der Waals surface area (Å²) < 4.78 is 0. The highest BCUT2D eigenvalue weighted by Crippen LogP contribution is 2.26. The van der Waals surface area contributed by atoms with Crippen LogP contribution in [-0.2, 0) is 0 Å². The Morgan fingerprint density at radius 2 is 2.00 bits per heavy atom. The highest BCUT2D eigenvalue weighted by molar-refractivity contribution is 5.17. The number of rotatable bonds is 4. The summed E-state index contributed by atoms with van der Waals surface area (Å²) in [6.07, 6.45) is 4.29. The van der Waals surface area contributed by atoms with E-state index in [-0.39, 0.29) is 0 Å².